The van der Waals surface area contributed by atoms with Crippen LogP contribution < -0.4 is 10.1 Å². The number of benzene rings is 1. The topological polar surface area (TPSA) is 41.6 Å². The van der Waals surface area contributed by atoms with Crippen LogP contribution in [0.2, 0.25) is 0 Å². The summed E-state index contributed by atoms with van der Waals surface area (Å²) in [7, 11) is 2.18. The lowest BCUT2D eigenvalue weighted by atomic mass is 9.94. The number of rotatable bonds is 8. The summed E-state index contributed by atoms with van der Waals surface area (Å²) in [6.07, 6.45) is 7.11. The summed E-state index contributed by atoms with van der Waals surface area (Å²) < 4.78 is 5.41. The Bertz CT molecular complexity index is 467. The Balaban J connectivity index is 1.66. The van der Waals surface area contributed by atoms with Crippen LogP contribution in [-0.2, 0) is 11.2 Å². The molecule has 1 aliphatic rings. The molecule has 0 atom stereocenters. The molecule has 1 aliphatic carbocycles. The molecular weight excluding hydrogens is 288 g/mol. The number of hydrogen-bond acceptors (Lipinski definition) is 3. The van der Waals surface area contributed by atoms with Crippen molar-refractivity contribution in [3.8, 4) is 5.75 Å². The van der Waals surface area contributed by atoms with Crippen LogP contribution in [-0.4, -0.2) is 43.6 Å². The summed E-state index contributed by atoms with van der Waals surface area (Å²) in [6, 6.07) is 8.45. The SMILES string of the molecule is CCOc1ccc(CC(=O)NCCN(C)C2CCCCC2)cc1. The smallest absolute Gasteiger partial charge is 0.224 e. The van der Waals surface area contributed by atoms with Crippen molar-refractivity contribution in [3.63, 3.8) is 0 Å². The van der Waals surface area contributed by atoms with Crippen molar-refractivity contribution < 1.29 is 9.53 Å². The van der Waals surface area contributed by atoms with Gasteiger partial charge in [-0.2, -0.15) is 0 Å². The van der Waals surface area contributed by atoms with Crippen molar-refractivity contribution in [2.24, 2.45) is 0 Å². The highest BCUT2D eigenvalue weighted by Gasteiger charge is 2.17. The quantitative estimate of drug-likeness (QED) is 0.801. The van der Waals surface area contributed by atoms with E-state index in [4.69, 9.17) is 4.74 Å². The maximum absolute atomic E-state index is 12.0. The van der Waals surface area contributed by atoms with Crippen LogP contribution in [0.15, 0.2) is 24.3 Å². The van der Waals surface area contributed by atoms with E-state index in [2.05, 4.69) is 17.3 Å². The maximum Gasteiger partial charge on any atom is 0.224 e. The monoisotopic (exact) mass is 318 g/mol. The summed E-state index contributed by atoms with van der Waals surface area (Å²) in [5, 5.41) is 3.03. The van der Waals surface area contributed by atoms with Gasteiger partial charge in [-0.1, -0.05) is 31.4 Å². The second-order valence-corrected chi connectivity index (χ2v) is 6.38. The van der Waals surface area contributed by atoms with Crippen LogP contribution in [0.25, 0.3) is 0 Å². The number of hydrogen-bond donors (Lipinski definition) is 1. The highest BCUT2D eigenvalue weighted by atomic mass is 16.5. The first kappa shape index (κ1) is 17.8. The molecule has 2 rings (SSSR count). The molecule has 0 bridgehead atoms. The summed E-state index contributed by atoms with van der Waals surface area (Å²) in [5.41, 5.74) is 1.02. The normalized spacial score (nSPS) is 15.6. The van der Waals surface area contributed by atoms with Gasteiger partial charge in [0, 0.05) is 19.1 Å². The fraction of sp³-hybridized carbons (Fsp3) is 0.632. The summed E-state index contributed by atoms with van der Waals surface area (Å²) in [6.45, 7) is 4.28. The lowest BCUT2D eigenvalue weighted by Crippen LogP contribution is -2.39. The molecule has 1 aromatic carbocycles. The van der Waals surface area contributed by atoms with Crippen LogP contribution in [0.4, 0.5) is 0 Å². The van der Waals surface area contributed by atoms with Gasteiger partial charge in [-0.05, 0) is 44.5 Å². The lowest BCUT2D eigenvalue weighted by Gasteiger charge is -2.31. The minimum atomic E-state index is 0.0891. The molecule has 0 aliphatic heterocycles. The van der Waals surface area contributed by atoms with Crippen molar-refractivity contribution in [2.75, 3.05) is 26.7 Å². The molecule has 1 N–H and O–H groups in total. The first-order valence-electron chi connectivity index (χ1n) is 8.87. The van der Waals surface area contributed by atoms with E-state index in [1.54, 1.807) is 0 Å². The molecule has 0 radical (unpaired) electrons. The van der Waals surface area contributed by atoms with Gasteiger partial charge in [0.2, 0.25) is 5.91 Å². The molecule has 0 unspecified atom stereocenters. The minimum Gasteiger partial charge on any atom is -0.494 e. The molecule has 128 valence electrons. The van der Waals surface area contributed by atoms with E-state index in [9.17, 15) is 4.79 Å². The predicted molar refractivity (Wildman–Crippen MR) is 93.8 cm³/mol. The van der Waals surface area contributed by atoms with E-state index in [0.29, 0.717) is 19.1 Å². The van der Waals surface area contributed by atoms with Crippen LogP contribution in [0.5, 0.6) is 5.75 Å². The van der Waals surface area contributed by atoms with Crippen LogP contribution in [0.3, 0.4) is 0 Å². The highest BCUT2D eigenvalue weighted by Crippen LogP contribution is 2.21. The van der Waals surface area contributed by atoms with Crippen LogP contribution in [0, 0.1) is 0 Å². The van der Waals surface area contributed by atoms with Crippen molar-refractivity contribution in [1.29, 1.82) is 0 Å². The first-order valence-corrected chi connectivity index (χ1v) is 8.87. The molecule has 0 heterocycles. The lowest BCUT2D eigenvalue weighted by molar-refractivity contribution is -0.120. The van der Waals surface area contributed by atoms with E-state index in [1.165, 1.54) is 32.1 Å². The van der Waals surface area contributed by atoms with Gasteiger partial charge in [-0.25, -0.2) is 0 Å². The molecule has 1 saturated carbocycles. The summed E-state index contributed by atoms with van der Waals surface area (Å²) in [4.78, 5) is 14.4. The molecule has 0 saturated heterocycles. The molecule has 23 heavy (non-hydrogen) atoms. The van der Waals surface area contributed by atoms with E-state index >= 15 is 0 Å². The number of likely N-dealkylation sites (N-methyl/N-ethyl adjacent to an activating group) is 1. The molecule has 4 nitrogen and oxygen atoms in total. The van der Waals surface area contributed by atoms with Gasteiger partial charge >= 0.3 is 0 Å². The van der Waals surface area contributed by atoms with Gasteiger partial charge < -0.3 is 15.0 Å². The zero-order valence-corrected chi connectivity index (χ0v) is 14.5. The minimum absolute atomic E-state index is 0.0891. The van der Waals surface area contributed by atoms with Gasteiger partial charge in [0.25, 0.3) is 0 Å². The second kappa shape index (κ2) is 9.56. The second-order valence-electron chi connectivity index (χ2n) is 6.38. The van der Waals surface area contributed by atoms with Gasteiger partial charge in [-0.3, -0.25) is 4.79 Å². The Morgan fingerprint density at radius 2 is 1.91 bits per heavy atom. The average molecular weight is 318 g/mol. The van der Waals surface area contributed by atoms with Gasteiger partial charge in [0.05, 0.1) is 13.0 Å². The molecule has 4 heteroatoms. The van der Waals surface area contributed by atoms with E-state index in [1.807, 2.05) is 31.2 Å². The molecule has 0 aromatic heterocycles. The van der Waals surface area contributed by atoms with Crippen molar-refractivity contribution in [1.82, 2.24) is 10.2 Å². The fourth-order valence-corrected chi connectivity index (χ4v) is 3.19. The number of carbonyl (C=O) groups excluding carboxylic acids is 1. The number of nitrogens with zero attached hydrogens (tertiary/aromatic N) is 1. The molecule has 1 aromatic rings. The Kier molecular flexibility index (Phi) is 7.40. The number of carbonyl (C=O) groups is 1. The maximum atomic E-state index is 12.0. The molecule has 1 amide bonds. The van der Waals surface area contributed by atoms with E-state index in [0.717, 1.165) is 24.4 Å². The average Bonchev–Trinajstić information content (AvgIpc) is 2.57. The van der Waals surface area contributed by atoms with Crippen molar-refractivity contribution in [3.05, 3.63) is 29.8 Å². The number of nitrogens with one attached hydrogen (secondary N) is 1. The zero-order valence-electron chi connectivity index (χ0n) is 14.5. The van der Waals surface area contributed by atoms with Gasteiger partial charge in [0.15, 0.2) is 0 Å². The molecule has 0 spiro atoms. The van der Waals surface area contributed by atoms with Crippen molar-refractivity contribution >= 4 is 5.91 Å². The third kappa shape index (κ3) is 6.22. The van der Waals surface area contributed by atoms with Gasteiger partial charge in [0.1, 0.15) is 5.75 Å². The van der Waals surface area contributed by atoms with Gasteiger partial charge in [-0.15, -0.1) is 0 Å². The third-order valence-electron chi connectivity index (χ3n) is 4.58. The number of ether oxygens (including phenoxy) is 1. The summed E-state index contributed by atoms with van der Waals surface area (Å²) in [5.74, 6) is 0.942. The first-order chi connectivity index (χ1) is 11.2. The zero-order chi connectivity index (χ0) is 16.5. The number of amides is 1. The Morgan fingerprint density at radius 1 is 1.22 bits per heavy atom. The molecular formula is C19H30N2O2. The largest absolute Gasteiger partial charge is 0.494 e. The van der Waals surface area contributed by atoms with E-state index in [-0.39, 0.29) is 5.91 Å². The van der Waals surface area contributed by atoms with Crippen LogP contribution in [0.1, 0.15) is 44.6 Å². The molecule has 1 fully saturated rings. The summed E-state index contributed by atoms with van der Waals surface area (Å²) >= 11 is 0. The third-order valence-corrected chi connectivity index (χ3v) is 4.58. The predicted octanol–water partition coefficient (Wildman–Crippen LogP) is 3.01. The Hall–Kier alpha value is -1.55. The highest BCUT2D eigenvalue weighted by molar-refractivity contribution is 5.78. The van der Waals surface area contributed by atoms with Crippen molar-refractivity contribution in [2.45, 2.75) is 51.5 Å². The van der Waals surface area contributed by atoms with E-state index < -0.39 is 0 Å². The Labute approximate surface area is 140 Å². The van der Waals surface area contributed by atoms with Crippen LogP contribution >= 0.6 is 0 Å². The fourth-order valence-electron chi connectivity index (χ4n) is 3.19. The standard InChI is InChI=1S/C19H30N2O2/c1-3-23-18-11-9-16(10-12-18)15-19(22)20-13-14-21(2)17-7-5-4-6-8-17/h9-12,17H,3-8,13-15H2,1-2H3,(H,20,22). The Morgan fingerprint density at radius 3 is 2.57 bits per heavy atom.